The van der Waals surface area contributed by atoms with Crippen LogP contribution in [0.3, 0.4) is 0 Å². The molecule has 0 amide bonds. The summed E-state index contributed by atoms with van der Waals surface area (Å²) in [6.07, 6.45) is 3.03. The summed E-state index contributed by atoms with van der Waals surface area (Å²) in [5.41, 5.74) is 1.76. The van der Waals surface area contributed by atoms with E-state index >= 15 is 0 Å². The quantitative estimate of drug-likeness (QED) is 0.606. The topological polar surface area (TPSA) is 52.7 Å². The first-order chi connectivity index (χ1) is 12.3. The second-order valence-electron chi connectivity index (χ2n) is 6.16. The summed E-state index contributed by atoms with van der Waals surface area (Å²) >= 11 is 13.8. The lowest BCUT2D eigenvalue weighted by Crippen LogP contribution is -2.19. The number of rotatable bonds is 5. The van der Waals surface area contributed by atoms with Crippen LogP contribution < -0.4 is 5.56 Å². The van der Waals surface area contributed by atoms with Gasteiger partial charge in [-0.15, -0.1) is 0 Å². The summed E-state index contributed by atoms with van der Waals surface area (Å²) in [6.45, 7) is 6.50. The van der Waals surface area contributed by atoms with Crippen LogP contribution in [0.4, 0.5) is 0 Å². The van der Waals surface area contributed by atoms with Crippen LogP contribution in [0.15, 0.2) is 51.5 Å². The monoisotopic (exact) mass is 408 g/mol. The number of nitrogens with zero attached hydrogens (tertiary/aromatic N) is 4. The van der Waals surface area contributed by atoms with E-state index in [1.54, 1.807) is 17.0 Å². The summed E-state index contributed by atoms with van der Waals surface area (Å²) in [5.74, 6) is 0. The van der Waals surface area contributed by atoms with Gasteiger partial charge in [0.25, 0.3) is 5.56 Å². The van der Waals surface area contributed by atoms with E-state index in [-0.39, 0.29) is 11.6 Å². The van der Waals surface area contributed by atoms with Gasteiger partial charge in [-0.2, -0.15) is 5.10 Å². The van der Waals surface area contributed by atoms with Gasteiger partial charge in [0.1, 0.15) is 5.03 Å². The van der Waals surface area contributed by atoms with Gasteiger partial charge in [0.15, 0.2) is 0 Å². The van der Waals surface area contributed by atoms with Crippen molar-refractivity contribution in [2.24, 2.45) is 0 Å². The molecule has 136 valence electrons. The number of halogens is 2. The first-order valence-electron chi connectivity index (χ1n) is 8.07. The molecule has 0 unspecified atom stereocenters. The Morgan fingerprint density at radius 3 is 2.50 bits per heavy atom. The number of hydrogen-bond donors (Lipinski definition) is 0. The van der Waals surface area contributed by atoms with E-state index in [0.717, 1.165) is 21.2 Å². The zero-order valence-electron chi connectivity index (χ0n) is 14.6. The average Bonchev–Trinajstić information content (AvgIpc) is 2.85. The van der Waals surface area contributed by atoms with Crippen LogP contribution in [0.25, 0.3) is 0 Å². The molecule has 0 saturated heterocycles. The Balaban J connectivity index is 2.07. The Morgan fingerprint density at radius 2 is 1.88 bits per heavy atom. The third-order valence-corrected chi connectivity index (χ3v) is 5.36. The molecule has 2 aromatic heterocycles. The molecule has 0 aliphatic rings. The summed E-state index contributed by atoms with van der Waals surface area (Å²) in [4.78, 5) is 17.1. The largest absolute Gasteiger partial charge is 0.295 e. The van der Waals surface area contributed by atoms with Crippen LogP contribution in [0, 0.1) is 6.92 Å². The average molecular weight is 409 g/mol. The second-order valence-corrected chi connectivity index (χ2v) is 8.10. The van der Waals surface area contributed by atoms with Gasteiger partial charge in [-0.05, 0) is 39.0 Å². The van der Waals surface area contributed by atoms with Gasteiger partial charge in [0, 0.05) is 38.8 Å². The Kier molecular flexibility index (Phi) is 5.75. The molecule has 0 aliphatic carbocycles. The van der Waals surface area contributed by atoms with E-state index in [2.05, 4.69) is 23.9 Å². The number of aryl methyl sites for hydroxylation is 1. The van der Waals surface area contributed by atoms with Crippen LogP contribution >= 0.6 is 35.0 Å². The Bertz CT molecular complexity index is 977. The Morgan fingerprint density at radius 1 is 1.19 bits per heavy atom. The molecule has 1 aromatic carbocycles. The van der Waals surface area contributed by atoms with Crippen LogP contribution in [0.1, 0.15) is 31.1 Å². The first-order valence-corrected chi connectivity index (χ1v) is 9.64. The van der Waals surface area contributed by atoms with E-state index in [4.69, 9.17) is 23.2 Å². The summed E-state index contributed by atoms with van der Waals surface area (Å²) in [7, 11) is 0. The van der Waals surface area contributed by atoms with Gasteiger partial charge in [0.05, 0.1) is 18.6 Å². The van der Waals surface area contributed by atoms with E-state index in [1.807, 2.05) is 23.7 Å². The molecule has 0 aliphatic heterocycles. The fourth-order valence-corrected chi connectivity index (χ4v) is 4.50. The summed E-state index contributed by atoms with van der Waals surface area (Å²) in [5, 5.41) is 6.80. The van der Waals surface area contributed by atoms with Crippen molar-refractivity contribution < 1.29 is 0 Å². The number of aromatic nitrogens is 4. The fourth-order valence-electron chi connectivity index (χ4n) is 2.57. The SMILES string of the molecule is Cc1nn(C(C)C)c(Sc2cc(Cl)cc(Cl)c2)c1Cn1cnccc1=O. The lowest BCUT2D eigenvalue weighted by Gasteiger charge is -2.13. The van der Waals surface area contributed by atoms with Crippen molar-refractivity contribution in [2.75, 3.05) is 0 Å². The van der Waals surface area contributed by atoms with E-state index in [1.165, 1.54) is 24.0 Å². The molecule has 3 aromatic rings. The van der Waals surface area contributed by atoms with E-state index in [9.17, 15) is 4.79 Å². The van der Waals surface area contributed by atoms with Crippen LogP contribution in [0.5, 0.6) is 0 Å². The zero-order valence-corrected chi connectivity index (χ0v) is 16.9. The van der Waals surface area contributed by atoms with Gasteiger partial charge < -0.3 is 0 Å². The lowest BCUT2D eigenvalue weighted by atomic mass is 10.2. The zero-order chi connectivity index (χ0) is 18.8. The number of hydrogen-bond acceptors (Lipinski definition) is 4. The summed E-state index contributed by atoms with van der Waals surface area (Å²) in [6, 6.07) is 7.06. The van der Waals surface area contributed by atoms with Crippen LogP contribution in [-0.2, 0) is 6.54 Å². The van der Waals surface area contributed by atoms with Crippen molar-refractivity contribution in [2.45, 2.75) is 43.3 Å². The molecular weight excluding hydrogens is 391 g/mol. The molecule has 2 heterocycles. The molecule has 0 saturated carbocycles. The van der Waals surface area contributed by atoms with Gasteiger partial charge in [0.2, 0.25) is 0 Å². The minimum atomic E-state index is -0.0987. The molecule has 0 radical (unpaired) electrons. The van der Waals surface area contributed by atoms with Crippen molar-refractivity contribution in [1.82, 2.24) is 19.3 Å². The first kappa shape index (κ1) is 19.0. The predicted octanol–water partition coefficient (Wildman–Crippen LogP) is 4.84. The highest BCUT2D eigenvalue weighted by Gasteiger charge is 2.19. The molecule has 3 rings (SSSR count). The minimum absolute atomic E-state index is 0.0987. The standard InChI is InChI=1S/C18H18Cl2N4OS/c1-11(2)24-18(26-15-7-13(19)6-14(20)8-15)16(12(3)22-24)9-23-10-21-5-4-17(23)25/h4-8,10-11H,9H2,1-3H3. The van der Waals surface area contributed by atoms with Crippen molar-refractivity contribution in [1.29, 1.82) is 0 Å². The van der Waals surface area contributed by atoms with E-state index < -0.39 is 0 Å². The molecule has 0 bridgehead atoms. The van der Waals surface area contributed by atoms with Crippen LogP contribution in [-0.4, -0.2) is 19.3 Å². The molecular formula is C18H18Cl2N4OS. The smallest absolute Gasteiger partial charge is 0.253 e. The normalized spacial score (nSPS) is 11.3. The van der Waals surface area contributed by atoms with Gasteiger partial charge >= 0.3 is 0 Å². The predicted molar refractivity (Wildman–Crippen MR) is 106 cm³/mol. The third kappa shape index (κ3) is 4.14. The Labute approximate surface area is 166 Å². The maximum atomic E-state index is 12.1. The second kappa shape index (κ2) is 7.86. The van der Waals surface area contributed by atoms with Crippen molar-refractivity contribution in [3.05, 3.63) is 68.4 Å². The minimum Gasteiger partial charge on any atom is -0.295 e. The number of benzene rings is 1. The van der Waals surface area contributed by atoms with Crippen LogP contribution in [0.2, 0.25) is 10.0 Å². The van der Waals surface area contributed by atoms with Crippen molar-refractivity contribution >= 4 is 35.0 Å². The highest BCUT2D eigenvalue weighted by Crippen LogP contribution is 2.36. The molecule has 0 N–H and O–H groups in total. The van der Waals surface area contributed by atoms with Gasteiger partial charge in [-0.3, -0.25) is 14.0 Å². The van der Waals surface area contributed by atoms with Gasteiger partial charge in [-0.25, -0.2) is 4.98 Å². The van der Waals surface area contributed by atoms with Crippen molar-refractivity contribution in [3.8, 4) is 0 Å². The molecule has 26 heavy (non-hydrogen) atoms. The van der Waals surface area contributed by atoms with E-state index in [0.29, 0.717) is 16.6 Å². The Hall–Kier alpha value is -1.76. The molecule has 0 spiro atoms. The molecule has 0 atom stereocenters. The maximum absolute atomic E-state index is 12.1. The van der Waals surface area contributed by atoms with Gasteiger partial charge in [-0.1, -0.05) is 35.0 Å². The fraction of sp³-hybridized carbons (Fsp3) is 0.278. The third-order valence-electron chi connectivity index (χ3n) is 3.82. The summed E-state index contributed by atoms with van der Waals surface area (Å²) < 4.78 is 3.54. The molecule has 8 heteroatoms. The highest BCUT2D eigenvalue weighted by molar-refractivity contribution is 7.99. The molecule has 0 fully saturated rings. The highest BCUT2D eigenvalue weighted by atomic mass is 35.5. The van der Waals surface area contributed by atoms with Crippen molar-refractivity contribution in [3.63, 3.8) is 0 Å². The molecule has 5 nitrogen and oxygen atoms in total. The maximum Gasteiger partial charge on any atom is 0.253 e. The lowest BCUT2D eigenvalue weighted by molar-refractivity contribution is 0.488.